The van der Waals surface area contributed by atoms with Crippen molar-refractivity contribution in [2.24, 2.45) is 0 Å². The van der Waals surface area contributed by atoms with Crippen molar-refractivity contribution in [3.8, 4) is 0 Å². The van der Waals surface area contributed by atoms with Crippen LogP contribution in [-0.2, 0) is 16.0 Å². The van der Waals surface area contributed by atoms with Crippen LogP contribution in [0.2, 0.25) is 5.02 Å². The van der Waals surface area contributed by atoms with E-state index in [1.807, 2.05) is 43.0 Å². The highest BCUT2D eigenvalue weighted by molar-refractivity contribution is 6.31. The summed E-state index contributed by atoms with van der Waals surface area (Å²) in [6, 6.07) is 13.6. The zero-order valence-corrected chi connectivity index (χ0v) is 17.3. The zero-order valence-electron chi connectivity index (χ0n) is 16.6. The number of anilines is 2. The first-order valence-corrected chi connectivity index (χ1v) is 10.1. The molecular weight excluding hydrogens is 374 g/mol. The van der Waals surface area contributed by atoms with Gasteiger partial charge in [-0.15, -0.1) is 0 Å². The number of para-hydroxylation sites is 1. The molecule has 3 rings (SSSR count). The van der Waals surface area contributed by atoms with Crippen LogP contribution in [0.3, 0.4) is 0 Å². The molecule has 2 atom stereocenters. The van der Waals surface area contributed by atoms with Gasteiger partial charge >= 0.3 is 0 Å². The average molecular weight is 401 g/mol. The molecule has 5 nitrogen and oxygen atoms in total. The molecular formula is C22H27ClN3O2+. The lowest BCUT2D eigenvalue weighted by Crippen LogP contribution is -3.14. The molecule has 0 aliphatic carbocycles. The summed E-state index contributed by atoms with van der Waals surface area (Å²) in [6.45, 7) is 7.19. The molecule has 0 bridgehead atoms. The van der Waals surface area contributed by atoms with Gasteiger partial charge in [0.05, 0.1) is 6.54 Å². The second-order valence-electron chi connectivity index (χ2n) is 7.41. The third-order valence-electron chi connectivity index (χ3n) is 5.26. The normalized spacial score (nSPS) is 16.6. The third-order valence-corrected chi connectivity index (χ3v) is 5.50. The van der Waals surface area contributed by atoms with Gasteiger partial charge in [0.15, 0.2) is 13.1 Å². The van der Waals surface area contributed by atoms with Gasteiger partial charge in [0.25, 0.3) is 11.8 Å². The molecule has 0 saturated carbocycles. The van der Waals surface area contributed by atoms with Crippen molar-refractivity contribution in [3.05, 3.63) is 58.6 Å². The number of carbonyl (C=O) groups is 2. The van der Waals surface area contributed by atoms with Crippen molar-refractivity contribution >= 4 is 34.8 Å². The number of quaternary nitrogens is 1. The number of halogens is 1. The molecule has 2 amide bonds. The fourth-order valence-electron chi connectivity index (χ4n) is 3.71. The van der Waals surface area contributed by atoms with E-state index in [-0.39, 0.29) is 30.9 Å². The van der Waals surface area contributed by atoms with Crippen molar-refractivity contribution in [1.82, 2.24) is 0 Å². The summed E-state index contributed by atoms with van der Waals surface area (Å²) in [4.78, 5) is 28.3. The van der Waals surface area contributed by atoms with E-state index in [1.54, 1.807) is 12.1 Å². The second-order valence-corrected chi connectivity index (χ2v) is 7.85. The molecule has 6 heteroatoms. The van der Waals surface area contributed by atoms with Gasteiger partial charge in [-0.2, -0.15) is 0 Å². The molecule has 0 aromatic heterocycles. The number of hydrogen-bond donors (Lipinski definition) is 2. The number of nitrogens with one attached hydrogen (secondary N) is 2. The van der Waals surface area contributed by atoms with Crippen LogP contribution < -0.4 is 15.1 Å². The van der Waals surface area contributed by atoms with Crippen molar-refractivity contribution in [3.63, 3.8) is 0 Å². The van der Waals surface area contributed by atoms with Gasteiger partial charge in [-0.3, -0.25) is 9.59 Å². The Labute approximate surface area is 171 Å². The van der Waals surface area contributed by atoms with E-state index in [0.717, 1.165) is 22.6 Å². The number of nitrogens with zero attached hydrogens (tertiary/aromatic N) is 1. The van der Waals surface area contributed by atoms with Crippen LogP contribution in [0.1, 0.15) is 25.0 Å². The molecule has 148 valence electrons. The summed E-state index contributed by atoms with van der Waals surface area (Å²) in [5, 5.41) is 3.49. The summed E-state index contributed by atoms with van der Waals surface area (Å²) >= 11 is 6.02. The standard InChI is InChI=1S/C22H26ClN3O2/c1-4-25(13-21(27)24-19-12-18(23)10-9-15(19)2)14-22(28)26-16(3)11-17-7-5-6-8-20(17)26/h5-10,12,16H,4,11,13-14H2,1-3H3,(H,24,27)/p+1/t16-/m0/s1. The van der Waals surface area contributed by atoms with Gasteiger partial charge in [-0.05, 0) is 56.5 Å². The Bertz CT molecular complexity index is 884. The molecule has 0 spiro atoms. The van der Waals surface area contributed by atoms with Crippen LogP contribution in [-0.4, -0.2) is 37.5 Å². The molecule has 0 fully saturated rings. The predicted molar refractivity (Wildman–Crippen MR) is 113 cm³/mol. The fourth-order valence-corrected chi connectivity index (χ4v) is 3.88. The van der Waals surface area contributed by atoms with Crippen LogP contribution in [0.4, 0.5) is 11.4 Å². The highest BCUT2D eigenvalue weighted by atomic mass is 35.5. The molecule has 2 N–H and O–H groups in total. The number of hydrogen-bond acceptors (Lipinski definition) is 2. The molecule has 28 heavy (non-hydrogen) atoms. The summed E-state index contributed by atoms with van der Waals surface area (Å²) < 4.78 is 0. The Morgan fingerprint density at radius 2 is 1.96 bits per heavy atom. The molecule has 2 aromatic rings. The first-order chi connectivity index (χ1) is 13.4. The first-order valence-electron chi connectivity index (χ1n) is 9.68. The van der Waals surface area contributed by atoms with Crippen LogP contribution in [0.25, 0.3) is 0 Å². The monoisotopic (exact) mass is 400 g/mol. The van der Waals surface area contributed by atoms with Crippen LogP contribution in [0.15, 0.2) is 42.5 Å². The van der Waals surface area contributed by atoms with Gasteiger partial charge in [0.2, 0.25) is 0 Å². The lowest BCUT2D eigenvalue weighted by atomic mass is 10.1. The summed E-state index contributed by atoms with van der Waals surface area (Å²) in [6.07, 6.45) is 0.873. The lowest BCUT2D eigenvalue weighted by molar-refractivity contribution is -0.881. The van der Waals surface area contributed by atoms with E-state index in [2.05, 4.69) is 18.3 Å². The predicted octanol–water partition coefficient (Wildman–Crippen LogP) is 2.47. The Kier molecular flexibility index (Phi) is 6.37. The van der Waals surface area contributed by atoms with Crippen molar-refractivity contribution in [1.29, 1.82) is 0 Å². The lowest BCUT2D eigenvalue weighted by Gasteiger charge is -2.25. The molecule has 0 saturated heterocycles. The van der Waals surface area contributed by atoms with E-state index < -0.39 is 0 Å². The largest absolute Gasteiger partial charge is 0.321 e. The van der Waals surface area contributed by atoms with Crippen molar-refractivity contribution in [2.45, 2.75) is 33.2 Å². The van der Waals surface area contributed by atoms with Crippen LogP contribution >= 0.6 is 11.6 Å². The molecule has 1 unspecified atom stereocenters. The summed E-state index contributed by atoms with van der Waals surface area (Å²) in [5.74, 6) is -0.0640. The highest BCUT2D eigenvalue weighted by Gasteiger charge is 2.32. The second kappa shape index (κ2) is 8.76. The van der Waals surface area contributed by atoms with E-state index >= 15 is 0 Å². The maximum absolute atomic E-state index is 13.0. The summed E-state index contributed by atoms with van der Waals surface area (Å²) in [7, 11) is 0. The topological polar surface area (TPSA) is 53.9 Å². The van der Waals surface area contributed by atoms with Crippen molar-refractivity contribution < 1.29 is 14.5 Å². The third kappa shape index (κ3) is 4.54. The van der Waals surface area contributed by atoms with Crippen LogP contribution in [0.5, 0.6) is 0 Å². The van der Waals surface area contributed by atoms with E-state index in [9.17, 15) is 9.59 Å². The Morgan fingerprint density at radius 1 is 1.21 bits per heavy atom. The molecule has 1 aliphatic rings. The van der Waals surface area contributed by atoms with Gasteiger partial charge in [0.1, 0.15) is 0 Å². The first kappa shape index (κ1) is 20.4. The number of carbonyl (C=O) groups excluding carboxylic acids is 2. The fraction of sp³-hybridized carbons (Fsp3) is 0.364. The van der Waals surface area contributed by atoms with Gasteiger partial charge < -0.3 is 15.1 Å². The Hall–Kier alpha value is -2.37. The molecule has 1 heterocycles. The van der Waals surface area contributed by atoms with E-state index in [1.165, 1.54) is 5.56 Å². The summed E-state index contributed by atoms with van der Waals surface area (Å²) in [5.41, 5.74) is 3.86. The molecule has 1 aliphatic heterocycles. The number of amides is 2. The van der Waals surface area contributed by atoms with E-state index in [0.29, 0.717) is 17.3 Å². The van der Waals surface area contributed by atoms with Gasteiger partial charge in [-0.1, -0.05) is 35.9 Å². The minimum Gasteiger partial charge on any atom is -0.321 e. The quantitative estimate of drug-likeness (QED) is 0.782. The zero-order chi connectivity index (χ0) is 20.3. The average Bonchev–Trinajstić information content (AvgIpc) is 2.99. The Balaban J connectivity index is 1.63. The highest BCUT2D eigenvalue weighted by Crippen LogP contribution is 2.31. The molecule has 0 radical (unpaired) electrons. The minimum atomic E-state index is -0.120. The SMILES string of the molecule is CC[NH+](CC(=O)Nc1cc(Cl)ccc1C)CC(=O)N1c2ccccc2C[C@@H]1C. The Morgan fingerprint density at radius 3 is 2.71 bits per heavy atom. The maximum atomic E-state index is 13.0. The minimum absolute atomic E-state index is 0.0565. The smallest absolute Gasteiger partial charge is 0.282 e. The van der Waals surface area contributed by atoms with E-state index in [4.69, 9.17) is 11.6 Å². The molecule has 2 aromatic carbocycles. The number of benzene rings is 2. The van der Waals surface area contributed by atoms with Crippen molar-refractivity contribution in [2.75, 3.05) is 29.9 Å². The van der Waals surface area contributed by atoms with Crippen LogP contribution in [0, 0.1) is 6.92 Å². The number of fused-ring (bicyclic) bond motifs is 1. The number of likely N-dealkylation sites (N-methyl/N-ethyl adjacent to an activating group) is 1. The van der Waals surface area contributed by atoms with Gasteiger partial charge in [0, 0.05) is 22.4 Å². The maximum Gasteiger partial charge on any atom is 0.282 e. The number of aryl methyl sites for hydroxylation is 1. The van der Waals surface area contributed by atoms with Gasteiger partial charge in [-0.25, -0.2) is 0 Å². The number of rotatable bonds is 6.